The number of rotatable bonds is 6. The minimum absolute atomic E-state index is 0.239. The average molecular weight is 467 g/mol. The van der Waals surface area contributed by atoms with Crippen LogP contribution >= 0.6 is 0 Å². The van der Waals surface area contributed by atoms with E-state index in [9.17, 15) is 18.0 Å². The minimum atomic E-state index is -4.46. The average Bonchev–Trinajstić information content (AvgIpc) is 3.32. The van der Waals surface area contributed by atoms with Crippen LogP contribution in [0.1, 0.15) is 44.1 Å². The molecule has 0 unspecified atom stereocenters. The van der Waals surface area contributed by atoms with Gasteiger partial charge in [-0.3, -0.25) is 9.48 Å². The van der Waals surface area contributed by atoms with Crippen molar-refractivity contribution in [2.45, 2.75) is 40.0 Å². The molecule has 0 aliphatic heterocycles. The highest BCUT2D eigenvalue weighted by Gasteiger charge is 2.30. The zero-order valence-corrected chi connectivity index (χ0v) is 19.0. The Hall–Kier alpha value is -3.88. The number of amides is 1. The van der Waals surface area contributed by atoms with Crippen LogP contribution in [0.3, 0.4) is 0 Å². The Labute approximate surface area is 195 Å². The van der Waals surface area contributed by atoms with Gasteiger partial charge in [-0.05, 0) is 56.2 Å². The first-order valence-corrected chi connectivity index (χ1v) is 10.7. The number of hydrogen-bond acceptors (Lipinski definition) is 3. The lowest BCUT2D eigenvalue weighted by atomic mass is 10.1. The number of carbonyl (C=O) groups excluding carboxylic acids is 1. The summed E-state index contributed by atoms with van der Waals surface area (Å²) in [6, 6.07) is 14.7. The molecule has 9 heteroatoms. The summed E-state index contributed by atoms with van der Waals surface area (Å²) in [5, 5.41) is 11.5. The first kappa shape index (κ1) is 23.3. The SMILES string of the molecule is Cc1cc(C)n(Cc2cccc(CNC(=O)c3cnn(-c4cccc(C(F)(F)F)c4)c3C)c2)n1. The van der Waals surface area contributed by atoms with Gasteiger partial charge in [0.1, 0.15) is 0 Å². The van der Waals surface area contributed by atoms with Crippen molar-refractivity contribution in [3.05, 3.63) is 100 Å². The number of halogens is 3. The van der Waals surface area contributed by atoms with Crippen molar-refractivity contribution in [2.75, 3.05) is 0 Å². The Bertz CT molecular complexity index is 1340. The molecule has 0 spiro atoms. The van der Waals surface area contributed by atoms with Crippen LogP contribution in [0.15, 0.2) is 60.8 Å². The molecule has 0 saturated heterocycles. The molecule has 1 amide bonds. The van der Waals surface area contributed by atoms with E-state index in [0.717, 1.165) is 34.6 Å². The zero-order valence-electron chi connectivity index (χ0n) is 19.0. The van der Waals surface area contributed by atoms with Crippen molar-refractivity contribution in [3.63, 3.8) is 0 Å². The largest absolute Gasteiger partial charge is 0.416 e. The lowest BCUT2D eigenvalue weighted by Crippen LogP contribution is -2.23. The number of carbonyl (C=O) groups is 1. The second kappa shape index (κ2) is 9.17. The lowest BCUT2D eigenvalue weighted by Gasteiger charge is -2.11. The van der Waals surface area contributed by atoms with Gasteiger partial charge in [0.25, 0.3) is 5.91 Å². The molecule has 4 aromatic rings. The van der Waals surface area contributed by atoms with Crippen molar-refractivity contribution in [1.29, 1.82) is 0 Å². The van der Waals surface area contributed by atoms with E-state index in [1.54, 1.807) is 6.92 Å². The highest BCUT2D eigenvalue weighted by Crippen LogP contribution is 2.30. The Morgan fingerprint density at radius 3 is 2.44 bits per heavy atom. The Balaban J connectivity index is 1.45. The van der Waals surface area contributed by atoms with E-state index < -0.39 is 11.7 Å². The second-order valence-electron chi connectivity index (χ2n) is 8.19. The number of benzene rings is 2. The van der Waals surface area contributed by atoms with E-state index in [2.05, 4.69) is 15.5 Å². The smallest absolute Gasteiger partial charge is 0.348 e. The van der Waals surface area contributed by atoms with Gasteiger partial charge in [-0.2, -0.15) is 23.4 Å². The van der Waals surface area contributed by atoms with Gasteiger partial charge in [-0.1, -0.05) is 30.3 Å². The summed E-state index contributed by atoms with van der Waals surface area (Å²) in [7, 11) is 0. The molecule has 0 aliphatic carbocycles. The Morgan fingerprint density at radius 2 is 1.74 bits per heavy atom. The van der Waals surface area contributed by atoms with Gasteiger partial charge in [0, 0.05) is 12.2 Å². The molecule has 0 atom stereocenters. The van der Waals surface area contributed by atoms with E-state index in [1.165, 1.54) is 23.0 Å². The van der Waals surface area contributed by atoms with Crippen molar-refractivity contribution < 1.29 is 18.0 Å². The molecule has 0 bridgehead atoms. The van der Waals surface area contributed by atoms with Crippen molar-refractivity contribution in [2.24, 2.45) is 0 Å². The first-order chi connectivity index (χ1) is 16.1. The van der Waals surface area contributed by atoms with Gasteiger partial charge in [-0.15, -0.1) is 0 Å². The molecule has 0 aliphatic rings. The maximum absolute atomic E-state index is 13.1. The molecule has 2 aromatic carbocycles. The molecule has 4 rings (SSSR count). The number of aromatic nitrogens is 4. The van der Waals surface area contributed by atoms with Gasteiger partial charge >= 0.3 is 6.18 Å². The third-order valence-corrected chi connectivity index (χ3v) is 5.55. The van der Waals surface area contributed by atoms with Crippen molar-refractivity contribution in [1.82, 2.24) is 24.9 Å². The van der Waals surface area contributed by atoms with Gasteiger partial charge in [0.15, 0.2) is 0 Å². The van der Waals surface area contributed by atoms with Crippen LogP contribution in [-0.2, 0) is 19.3 Å². The van der Waals surface area contributed by atoms with Crippen LogP contribution < -0.4 is 5.32 Å². The number of alkyl halides is 3. The summed E-state index contributed by atoms with van der Waals surface area (Å²) in [6.07, 6.45) is -3.09. The normalized spacial score (nSPS) is 11.6. The van der Waals surface area contributed by atoms with E-state index in [1.807, 2.05) is 48.9 Å². The van der Waals surface area contributed by atoms with Gasteiger partial charge in [-0.25, -0.2) is 4.68 Å². The highest BCUT2D eigenvalue weighted by atomic mass is 19.4. The third-order valence-electron chi connectivity index (χ3n) is 5.55. The fourth-order valence-electron chi connectivity index (χ4n) is 3.83. The van der Waals surface area contributed by atoms with E-state index in [4.69, 9.17) is 0 Å². The molecule has 6 nitrogen and oxygen atoms in total. The summed E-state index contributed by atoms with van der Waals surface area (Å²) >= 11 is 0. The molecule has 34 heavy (non-hydrogen) atoms. The third kappa shape index (κ3) is 5.03. The Kier molecular flexibility index (Phi) is 6.28. The van der Waals surface area contributed by atoms with Crippen LogP contribution in [-0.4, -0.2) is 25.5 Å². The fraction of sp³-hybridized carbons (Fsp3) is 0.240. The van der Waals surface area contributed by atoms with E-state index in [-0.39, 0.29) is 11.6 Å². The van der Waals surface area contributed by atoms with E-state index >= 15 is 0 Å². The number of hydrogen-bond donors (Lipinski definition) is 1. The predicted molar refractivity (Wildman–Crippen MR) is 122 cm³/mol. The minimum Gasteiger partial charge on any atom is -0.348 e. The van der Waals surface area contributed by atoms with Gasteiger partial charge < -0.3 is 5.32 Å². The quantitative estimate of drug-likeness (QED) is 0.435. The molecule has 1 N–H and O–H groups in total. The number of nitrogens with one attached hydrogen (secondary N) is 1. The number of aryl methyl sites for hydroxylation is 2. The molecule has 2 heterocycles. The molecule has 0 radical (unpaired) electrons. The second-order valence-corrected chi connectivity index (χ2v) is 8.19. The van der Waals surface area contributed by atoms with Crippen LogP contribution in [0.25, 0.3) is 5.69 Å². The maximum Gasteiger partial charge on any atom is 0.416 e. The predicted octanol–water partition coefficient (Wildman–Crippen LogP) is 4.99. The summed E-state index contributed by atoms with van der Waals surface area (Å²) in [4.78, 5) is 12.8. The molecule has 176 valence electrons. The topological polar surface area (TPSA) is 64.7 Å². The van der Waals surface area contributed by atoms with Gasteiger partial charge in [0.05, 0.1) is 40.9 Å². The molecular weight excluding hydrogens is 443 g/mol. The fourth-order valence-corrected chi connectivity index (χ4v) is 3.83. The van der Waals surface area contributed by atoms with Crippen LogP contribution in [0.2, 0.25) is 0 Å². The zero-order chi connectivity index (χ0) is 24.5. The van der Waals surface area contributed by atoms with Crippen molar-refractivity contribution in [3.8, 4) is 5.69 Å². The molecule has 0 saturated carbocycles. The highest BCUT2D eigenvalue weighted by molar-refractivity contribution is 5.95. The standard InChI is InChI=1S/C25H24F3N5O/c1-16-10-17(2)32(31-16)15-20-7-4-6-19(11-20)13-29-24(34)23-14-30-33(18(23)3)22-9-5-8-21(12-22)25(26,27)28/h4-12,14H,13,15H2,1-3H3,(H,29,34). The summed E-state index contributed by atoms with van der Waals surface area (Å²) in [5.74, 6) is -0.348. The van der Waals surface area contributed by atoms with Crippen LogP contribution in [0.4, 0.5) is 13.2 Å². The van der Waals surface area contributed by atoms with E-state index in [0.29, 0.717) is 24.3 Å². The molecule has 0 fully saturated rings. The van der Waals surface area contributed by atoms with Crippen LogP contribution in [0.5, 0.6) is 0 Å². The number of nitrogens with zero attached hydrogens (tertiary/aromatic N) is 4. The molecule has 2 aromatic heterocycles. The summed E-state index contributed by atoms with van der Waals surface area (Å²) in [5.41, 5.74) is 4.24. The Morgan fingerprint density at radius 1 is 1.00 bits per heavy atom. The maximum atomic E-state index is 13.1. The molecular formula is C25H24F3N5O. The summed E-state index contributed by atoms with van der Waals surface area (Å²) in [6.45, 7) is 6.54. The van der Waals surface area contributed by atoms with Gasteiger partial charge in [0.2, 0.25) is 0 Å². The monoisotopic (exact) mass is 467 g/mol. The summed E-state index contributed by atoms with van der Waals surface area (Å²) < 4.78 is 42.4. The lowest BCUT2D eigenvalue weighted by molar-refractivity contribution is -0.137. The van der Waals surface area contributed by atoms with Crippen LogP contribution in [0, 0.1) is 20.8 Å². The first-order valence-electron chi connectivity index (χ1n) is 10.7. The van der Waals surface area contributed by atoms with Crippen molar-refractivity contribution >= 4 is 5.91 Å².